The molecule has 0 aromatic rings. The fraction of sp³-hybridized carbons (Fsp3) is 0.889. The van der Waals surface area contributed by atoms with Crippen LogP contribution in [0.3, 0.4) is 0 Å². The summed E-state index contributed by atoms with van der Waals surface area (Å²) in [5.74, 6) is -0.169. The molecule has 0 aliphatic carbocycles. The second-order valence-electron chi connectivity index (χ2n) is 3.79. The molecule has 2 fully saturated rings. The van der Waals surface area contributed by atoms with Crippen molar-refractivity contribution in [2.75, 3.05) is 19.8 Å². The van der Waals surface area contributed by atoms with Crippen molar-refractivity contribution in [2.24, 2.45) is 5.73 Å². The number of hydrogen-bond donors (Lipinski definition) is 1. The van der Waals surface area contributed by atoms with Crippen molar-refractivity contribution in [3.8, 4) is 0 Å². The van der Waals surface area contributed by atoms with Gasteiger partial charge in [0.05, 0.1) is 6.04 Å². The van der Waals surface area contributed by atoms with E-state index < -0.39 is 0 Å². The van der Waals surface area contributed by atoms with Gasteiger partial charge in [0.15, 0.2) is 0 Å². The Labute approximate surface area is 78.0 Å². The monoisotopic (exact) mass is 184 g/mol. The first-order chi connectivity index (χ1) is 6.29. The second kappa shape index (κ2) is 3.64. The quantitative estimate of drug-likeness (QED) is 0.642. The van der Waals surface area contributed by atoms with E-state index in [0.29, 0.717) is 6.04 Å². The molecule has 2 N–H and O–H groups in total. The molecule has 2 saturated heterocycles. The highest BCUT2D eigenvalue weighted by Crippen LogP contribution is 2.25. The van der Waals surface area contributed by atoms with Gasteiger partial charge in [-0.2, -0.15) is 0 Å². The van der Waals surface area contributed by atoms with E-state index in [1.165, 1.54) is 0 Å². The number of nitrogens with two attached hydrogens (primary N) is 1. The minimum atomic E-state index is -0.169. The van der Waals surface area contributed by atoms with E-state index in [9.17, 15) is 4.79 Å². The first-order valence-electron chi connectivity index (χ1n) is 4.92. The van der Waals surface area contributed by atoms with Crippen molar-refractivity contribution in [3.05, 3.63) is 0 Å². The van der Waals surface area contributed by atoms with Gasteiger partial charge in [0, 0.05) is 25.8 Å². The summed E-state index contributed by atoms with van der Waals surface area (Å²) in [4.78, 5) is 13.2. The fourth-order valence-electron chi connectivity index (χ4n) is 2.17. The Kier molecular flexibility index (Phi) is 2.51. The summed E-state index contributed by atoms with van der Waals surface area (Å²) in [6.45, 7) is 2.68. The third-order valence-electron chi connectivity index (χ3n) is 3.05. The molecule has 0 unspecified atom stereocenters. The molecule has 13 heavy (non-hydrogen) atoms. The van der Waals surface area contributed by atoms with Gasteiger partial charge < -0.3 is 10.5 Å². The summed E-state index contributed by atoms with van der Waals surface area (Å²) >= 11 is 0. The Hall–Kier alpha value is -0.610. The SMILES string of the molecule is NC(=O)[C@@H]1CCN1C1CCOCC1. The van der Waals surface area contributed by atoms with E-state index in [0.717, 1.165) is 39.0 Å². The zero-order valence-electron chi connectivity index (χ0n) is 7.74. The first kappa shape index (κ1) is 8.97. The maximum Gasteiger partial charge on any atom is 0.234 e. The molecule has 2 aliphatic rings. The average molecular weight is 184 g/mol. The van der Waals surface area contributed by atoms with Crippen LogP contribution in [0.4, 0.5) is 0 Å². The zero-order chi connectivity index (χ0) is 9.26. The molecule has 0 bridgehead atoms. The van der Waals surface area contributed by atoms with Crippen LogP contribution in [0, 0.1) is 0 Å². The molecule has 0 spiro atoms. The van der Waals surface area contributed by atoms with Crippen LogP contribution in [0.15, 0.2) is 0 Å². The number of primary amides is 1. The number of ether oxygens (including phenoxy) is 1. The lowest BCUT2D eigenvalue weighted by molar-refractivity contribution is -0.131. The summed E-state index contributed by atoms with van der Waals surface area (Å²) in [6.07, 6.45) is 3.03. The van der Waals surface area contributed by atoms with Gasteiger partial charge in [0.2, 0.25) is 5.91 Å². The smallest absolute Gasteiger partial charge is 0.234 e. The summed E-state index contributed by atoms with van der Waals surface area (Å²) in [5, 5.41) is 0. The number of carbonyl (C=O) groups is 1. The van der Waals surface area contributed by atoms with Gasteiger partial charge in [-0.1, -0.05) is 0 Å². The van der Waals surface area contributed by atoms with E-state index in [-0.39, 0.29) is 11.9 Å². The number of amides is 1. The molecule has 2 rings (SSSR count). The molecule has 2 aliphatic heterocycles. The van der Waals surface area contributed by atoms with Gasteiger partial charge in [-0.25, -0.2) is 0 Å². The number of rotatable bonds is 2. The summed E-state index contributed by atoms with van der Waals surface area (Å²) < 4.78 is 5.27. The molecule has 0 aromatic carbocycles. The standard InChI is InChI=1S/C9H16N2O2/c10-9(12)8-1-4-11(8)7-2-5-13-6-3-7/h7-8H,1-6H2,(H2,10,12)/t8-/m0/s1. The highest BCUT2D eigenvalue weighted by atomic mass is 16.5. The molecule has 0 aromatic heterocycles. The minimum Gasteiger partial charge on any atom is -0.381 e. The lowest BCUT2D eigenvalue weighted by Crippen LogP contribution is -2.59. The number of nitrogens with zero attached hydrogens (tertiary/aromatic N) is 1. The highest BCUT2D eigenvalue weighted by molar-refractivity contribution is 5.80. The number of hydrogen-bond acceptors (Lipinski definition) is 3. The van der Waals surface area contributed by atoms with Crippen LogP contribution in [-0.4, -0.2) is 42.6 Å². The Morgan fingerprint density at radius 2 is 2.00 bits per heavy atom. The van der Waals surface area contributed by atoms with E-state index in [1.54, 1.807) is 0 Å². The number of likely N-dealkylation sites (tertiary alicyclic amines) is 1. The van der Waals surface area contributed by atoms with Gasteiger partial charge in [0.25, 0.3) is 0 Å². The molecular weight excluding hydrogens is 168 g/mol. The van der Waals surface area contributed by atoms with Gasteiger partial charge >= 0.3 is 0 Å². The molecule has 2 heterocycles. The summed E-state index contributed by atoms with van der Waals surface area (Å²) in [5.41, 5.74) is 5.28. The average Bonchev–Trinajstić information content (AvgIpc) is 2.02. The Balaban J connectivity index is 1.89. The van der Waals surface area contributed by atoms with Crippen LogP contribution in [0.5, 0.6) is 0 Å². The normalized spacial score (nSPS) is 31.2. The molecule has 0 saturated carbocycles. The van der Waals surface area contributed by atoms with Gasteiger partial charge in [-0.05, 0) is 19.3 Å². The highest BCUT2D eigenvalue weighted by Gasteiger charge is 2.37. The Morgan fingerprint density at radius 3 is 2.46 bits per heavy atom. The Morgan fingerprint density at radius 1 is 1.31 bits per heavy atom. The van der Waals surface area contributed by atoms with E-state index in [2.05, 4.69) is 4.90 Å². The summed E-state index contributed by atoms with van der Waals surface area (Å²) in [7, 11) is 0. The van der Waals surface area contributed by atoms with Crippen molar-refractivity contribution in [1.29, 1.82) is 0 Å². The predicted molar refractivity (Wildman–Crippen MR) is 48.1 cm³/mol. The molecule has 74 valence electrons. The Bertz CT molecular complexity index is 202. The van der Waals surface area contributed by atoms with Crippen LogP contribution < -0.4 is 5.73 Å². The molecule has 1 amide bonds. The van der Waals surface area contributed by atoms with E-state index in [1.807, 2.05) is 0 Å². The largest absolute Gasteiger partial charge is 0.381 e. The van der Waals surface area contributed by atoms with Gasteiger partial charge in [0.1, 0.15) is 0 Å². The first-order valence-corrected chi connectivity index (χ1v) is 4.92. The van der Waals surface area contributed by atoms with Crippen molar-refractivity contribution in [1.82, 2.24) is 4.90 Å². The fourth-order valence-corrected chi connectivity index (χ4v) is 2.17. The molecule has 4 heteroatoms. The molecule has 4 nitrogen and oxygen atoms in total. The third kappa shape index (κ3) is 1.69. The summed E-state index contributed by atoms with van der Waals surface area (Å²) in [6, 6.07) is 0.531. The van der Waals surface area contributed by atoms with E-state index in [4.69, 9.17) is 10.5 Å². The van der Waals surface area contributed by atoms with Crippen molar-refractivity contribution in [2.45, 2.75) is 31.3 Å². The van der Waals surface area contributed by atoms with Crippen molar-refractivity contribution in [3.63, 3.8) is 0 Å². The van der Waals surface area contributed by atoms with Crippen molar-refractivity contribution >= 4 is 5.91 Å². The van der Waals surface area contributed by atoms with Gasteiger partial charge in [-0.15, -0.1) is 0 Å². The second-order valence-corrected chi connectivity index (χ2v) is 3.79. The minimum absolute atomic E-state index is 0.00287. The van der Waals surface area contributed by atoms with Crippen LogP contribution in [0.25, 0.3) is 0 Å². The van der Waals surface area contributed by atoms with Crippen LogP contribution in [0.2, 0.25) is 0 Å². The third-order valence-corrected chi connectivity index (χ3v) is 3.05. The lowest BCUT2D eigenvalue weighted by Gasteiger charge is -2.45. The van der Waals surface area contributed by atoms with Crippen molar-refractivity contribution < 1.29 is 9.53 Å². The molecular formula is C9H16N2O2. The maximum absolute atomic E-state index is 11.0. The van der Waals surface area contributed by atoms with Crippen LogP contribution in [0.1, 0.15) is 19.3 Å². The molecule has 1 atom stereocenters. The topological polar surface area (TPSA) is 55.6 Å². The van der Waals surface area contributed by atoms with Gasteiger partial charge in [-0.3, -0.25) is 9.69 Å². The zero-order valence-corrected chi connectivity index (χ0v) is 7.74. The van der Waals surface area contributed by atoms with E-state index >= 15 is 0 Å². The van der Waals surface area contributed by atoms with Crippen LogP contribution >= 0.6 is 0 Å². The lowest BCUT2D eigenvalue weighted by atomic mass is 9.95. The predicted octanol–water partition coefficient (Wildman–Crippen LogP) is -0.275. The number of carbonyl (C=O) groups excluding carboxylic acids is 1. The maximum atomic E-state index is 11.0. The molecule has 0 radical (unpaired) electrons. The van der Waals surface area contributed by atoms with Crippen LogP contribution in [-0.2, 0) is 9.53 Å².